The summed E-state index contributed by atoms with van der Waals surface area (Å²) >= 11 is 0. The van der Waals surface area contributed by atoms with E-state index in [1.54, 1.807) is 14.2 Å². The van der Waals surface area contributed by atoms with Gasteiger partial charge in [0.2, 0.25) is 0 Å². The second kappa shape index (κ2) is 10.6. The first kappa shape index (κ1) is 19.9. The van der Waals surface area contributed by atoms with Crippen molar-refractivity contribution >= 4 is 35.6 Å². The summed E-state index contributed by atoms with van der Waals surface area (Å²) < 4.78 is 16.0. The van der Waals surface area contributed by atoms with Crippen molar-refractivity contribution in [3.8, 4) is 17.2 Å². The van der Waals surface area contributed by atoms with Crippen LogP contribution in [0.4, 0.5) is 5.69 Å². The number of nitrogens with two attached hydrogens (primary N) is 1. The number of anilines is 1. The Morgan fingerprint density at radius 1 is 1.04 bits per heavy atom. The summed E-state index contributed by atoms with van der Waals surface area (Å²) in [5.41, 5.74) is 6.63. The highest BCUT2D eigenvalue weighted by atomic mass is 127. The third kappa shape index (κ3) is 6.15. The number of aliphatic imine (C=N–C) groups is 1. The topological polar surface area (TPSA) is 78.1 Å². The van der Waals surface area contributed by atoms with E-state index in [1.165, 1.54) is 0 Å². The van der Waals surface area contributed by atoms with Crippen molar-refractivity contribution in [2.24, 2.45) is 10.7 Å². The van der Waals surface area contributed by atoms with Gasteiger partial charge in [0.15, 0.2) is 5.96 Å². The molecule has 0 saturated heterocycles. The van der Waals surface area contributed by atoms with E-state index in [4.69, 9.17) is 19.9 Å². The van der Waals surface area contributed by atoms with Gasteiger partial charge in [0.05, 0.1) is 26.5 Å². The summed E-state index contributed by atoms with van der Waals surface area (Å²) in [4.78, 5) is 4.22. The number of guanidine groups is 1. The molecule has 0 aliphatic carbocycles. The van der Waals surface area contributed by atoms with Gasteiger partial charge in [-0.05, 0) is 24.3 Å². The van der Waals surface area contributed by atoms with E-state index in [0.29, 0.717) is 24.9 Å². The predicted molar refractivity (Wildman–Crippen MR) is 107 cm³/mol. The van der Waals surface area contributed by atoms with Crippen molar-refractivity contribution in [1.82, 2.24) is 0 Å². The minimum atomic E-state index is 0. The molecule has 0 aliphatic rings. The molecule has 0 spiro atoms. The Bertz CT molecular complexity index is 665. The van der Waals surface area contributed by atoms with Gasteiger partial charge in [0.25, 0.3) is 0 Å². The molecule has 0 fully saturated rings. The average Bonchev–Trinajstić information content (AvgIpc) is 2.59. The summed E-state index contributed by atoms with van der Waals surface area (Å²) in [7, 11) is 3.23. The number of benzene rings is 2. The van der Waals surface area contributed by atoms with Crippen LogP contribution >= 0.6 is 24.0 Å². The van der Waals surface area contributed by atoms with E-state index in [9.17, 15) is 0 Å². The van der Waals surface area contributed by atoms with Gasteiger partial charge in [-0.1, -0.05) is 18.2 Å². The minimum absolute atomic E-state index is 0. The largest absolute Gasteiger partial charge is 0.497 e. The number of halogens is 1. The normalized spacial score (nSPS) is 10.5. The van der Waals surface area contributed by atoms with Crippen LogP contribution in [0.15, 0.2) is 53.5 Å². The molecule has 2 rings (SSSR count). The molecule has 0 aliphatic heterocycles. The van der Waals surface area contributed by atoms with Crippen LogP contribution in [-0.2, 0) is 0 Å². The standard InChI is InChI=1S/C17H21N3O3.HI/c1-21-13-6-5-7-14(12-13)23-11-10-19-17(18)20-15-8-3-4-9-16(15)22-2;/h3-9,12H,10-11H2,1-2H3,(H3,18,19,20);1H. The molecule has 2 aromatic carbocycles. The first-order valence-corrected chi connectivity index (χ1v) is 7.19. The molecule has 0 radical (unpaired) electrons. The van der Waals surface area contributed by atoms with Gasteiger partial charge in [-0.25, -0.2) is 4.99 Å². The fourth-order valence-electron chi connectivity index (χ4n) is 1.95. The highest BCUT2D eigenvalue weighted by molar-refractivity contribution is 14.0. The number of para-hydroxylation sites is 2. The predicted octanol–water partition coefficient (Wildman–Crippen LogP) is 3.13. The zero-order valence-corrected chi connectivity index (χ0v) is 16.0. The van der Waals surface area contributed by atoms with Gasteiger partial charge in [0, 0.05) is 6.07 Å². The van der Waals surface area contributed by atoms with Gasteiger partial charge in [-0.15, -0.1) is 24.0 Å². The zero-order chi connectivity index (χ0) is 16.5. The summed E-state index contributed by atoms with van der Waals surface area (Å²) in [6.45, 7) is 0.854. The lowest BCUT2D eigenvalue weighted by Gasteiger charge is -2.10. The van der Waals surface area contributed by atoms with Crippen LogP contribution in [0.2, 0.25) is 0 Å². The maximum Gasteiger partial charge on any atom is 0.193 e. The van der Waals surface area contributed by atoms with E-state index in [-0.39, 0.29) is 24.0 Å². The Morgan fingerprint density at radius 2 is 1.79 bits per heavy atom. The number of hydrogen-bond donors (Lipinski definition) is 2. The third-order valence-electron chi connectivity index (χ3n) is 3.05. The monoisotopic (exact) mass is 443 g/mol. The molecule has 130 valence electrons. The van der Waals surface area contributed by atoms with Gasteiger partial charge < -0.3 is 25.3 Å². The Kier molecular flexibility index (Phi) is 8.77. The first-order valence-electron chi connectivity index (χ1n) is 7.19. The maximum atomic E-state index is 5.86. The van der Waals surface area contributed by atoms with E-state index >= 15 is 0 Å². The Hall–Kier alpha value is -2.16. The lowest BCUT2D eigenvalue weighted by molar-refractivity contribution is 0.325. The third-order valence-corrected chi connectivity index (χ3v) is 3.05. The number of nitrogens with one attached hydrogen (secondary N) is 1. The Labute approximate surface area is 159 Å². The van der Waals surface area contributed by atoms with E-state index < -0.39 is 0 Å². The molecule has 7 heteroatoms. The number of hydrogen-bond acceptors (Lipinski definition) is 4. The van der Waals surface area contributed by atoms with Crippen LogP contribution in [0.25, 0.3) is 0 Å². The molecule has 0 aromatic heterocycles. The smallest absolute Gasteiger partial charge is 0.193 e. The van der Waals surface area contributed by atoms with Crippen molar-refractivity contribution < 1.29 is 14.2 Å². The van der Waals surface area contributed by atoms with Crippen LogP contribution in [0.3, 0.4) is 0 Å². The van der Waals surface area contributed by atoms with E-state index in [1.807, 2.05) is 48.5 Å². The van der Waals surface area contributed by atoms with Crippen molar-refractivity contribution in [1.29, 1.82) is 0 Å². The molecule has 0 heterocycles. The Morgan fingerprint density at radius 3 is 2.54 bits per heavy atom. The number of rotatable bonds is 7. The van der Waals surface area contributed by atoms with Crippen LogP contribution in [0.5, 0.6) is 17.2 Å². The Balaban J connectivity index is 0.00000288. The van der Waals surface area contributed by atoms with Crippen LogP contribution < -0.4 is 25.3 Å². The molecule has 0 atom stereocenters. The highest BCUT2D eigenvalue weighted by Gasteiger charge is 2.02. The molecule has 3 N–H and O–H groups in total. The lowest BCUT2D eigenvalue weighted by atomic mass is 10.3. The second-order valence-electron chi connectivity index (χ2n) is 4.62. The summed E-state index contributed by atoms with van der Waals surface area (Å²) in [5.74, 6) is 2.50. The fourth-order valence-corrected chi connectivity index (χ4v) is 1.95. The van der Waals surface area contributed by atoms with E-state index in [0.717, 1.165) is 17.2 Å². The SMILES string of the molecule is COc1cccc(OCCN=C(N)Nc2ccccc2OC)c1.I. The molecule has 0 saturated carbocycles. The summed E-state index contributed by atoms with van der Waals surface area (Å²) in [6.07, 6.45) is 0. The summed E-state index contributed by atoms with van der Waals surface area (Å²) in [6, 6.07) is 14.9. The van der Waals surface area contributed by atoms with Gasteiger partial charge >= 0.3 is 0 Å². The molecule has 0 unspecified atom stereocenters. The van der Waals surface area contributed by atoms with E-state index in [2.05, 4.69) is 10.3 Å². The van der Waals surface area contributed by atoms with Crippen molar-refractivity contribution in [3.63, 3.8) is 0 Å². The number of nitrogens with zero attached hydrogens (tertiary/aromatic N) is 1. The molecule has 6 nitrogen and oxygen atoms in total. The quantitative estimate of drug-likeness (QED) is 0.298. The lowest BCUT2D eigenvalue weighted by Crippen LogP contribution is -2.23. The summed E-state index contributed by atoms with van der Waals surface area (Å²) in [5, 5.41) is 3.01. The molecule has 24 heavy (non-hydrogen) atoms. The van der Waals surface area contributed by atoms with Crippen molar-refractivity contribution in [3.05, 3.63) is 48.5 Å². The average molecular weight is 443 g/mol. The molecule has 0 bridgehead atoms. The van der Waals surface area contributed by atoms with Crippen LogP contribution in [0, 0.1) is 0 Å². The number of ether oxygens (including phenoxy) is 3. The maximum absolute atomic E-state index is 5.86. The fraction of sp³-hybridized carbons (Fsp3) is 0.235. The molecule has 0 amide bonds. The van der Waals surface area contributed by atoms with Gasteiger partial charge in [-0.3, -0.25) is 0 Å². The highest BCUT2D eigenvalue weighted by Crippen LogP contribution is 2.22. The van der Waals surface area contributed by atoms with Gasteiger partial charge in [0.1, 0.15) is 23.9 Å². The molecular formula is C17H22IN3O3. The van der Waals surface area contributed by atoms with Crippen LogP contribution in [0.1, 0.15) is 0 Å². The molecule has 2 aromatic rings. The van der Waals surface area contributed by atoms with Crippen molar-refractivity contribution in [2.75, 3.05) is 32.7 Å². The zero-order valence-electron chi connectivity index (χ0n) is 13.7. The first-order chi connectivity index (χ1) is 11.2. The van der Waals surface area contributed by atoms with Crippen molar-refractivity contribution in [2.45, 2.75) is 0 Å². The van der Waals surface area contributed by atoms with Crippen LogP contribution in [-0.4, -0.2) is 33.3 Å². The van der Waals surface area contributed by atoms with Gasteiger partial charge in [-0.2, -0.15) is 0 Å². The second-order valence-corrected chi connectivity index (χ2v) is 4.62. The molecular weight excluding hydrogens is 421 g/mol. The number of methoxy groups -OCH3 is 2. The minimum Gasteiger partial charge on any atom is -0.497 e.